The van der Waals surface area contributed by atoms with E-state index in [-0.39, 0.29) is 19.0 Å². The highest BCUT2D eigenvalue weighted by Gasteiger charge is 2.13. The van der Waals surface area contributed by atoms with Crippen molar-refractivity contribution in [1.29, 1.82) is 0 Å². The number of aliphatic hydroxyl groups is 1. The Morgan fingerprint density at radius 3 is 2.29 bits per heavy atom. The molecule has 132 valence electrons. The maximum absolute atomic E-state index is 10.1. The number of methoxy groups -OCH3 is 1. The molecule has 0 aromatic heterocycles. The van der Waals surface area contributed by atoms with Gasteiger partial charge in [-0.2, -0.15) is 0 Å². The molecule has 0 aliphatic heterocycles. The highest BCUT2D eigenvalue weighted by Crippen LogP contribution is 2.25. The SMILES string of the molecule is COc1ccccc1OCC(O)C[NH2+]C(C)Cc1ccccc1.[Cl-]. The van der Waals surface area contributed by atoms with Crippen molar-refractivity contribution in [3.63, 3.8) is 0 Å². The standard InChI is InChI=1S/C19H25NO3.ClH/c1-15(12-16-8-4-3-5-9-16)20-13-17(21)14-23-19-11-7-6-10-18(19)22-2;/h3-11,15,17,20-21H,12-14H2,1-2H3;1H. The third-order valence-electron chi connectivity index (χ3n) is 3.71. The molecule has 2 aromatic rings. The van der Waals surface area contributed by atoms with Crippen LogP contribution < -0.4 is 27.2 Å². The third-order valence-corrected chi connectivity index (χ3v) is 3.71. The maximum atomic E-state index is 10.1. The summed E-state index contributed by atoms with van der Waals surface area (Å²) < 4.78 is 10.9. The van der Waals surface area contributed by atoms with Gasteiger partial charge < -0.3 is 32.3 Å². The normalized spacial score (nSPS) is 12.8. The number of aliphatic hydroxyl groups excluding tert-OH is 1. The third kappa shape index (κ3) is 6.79. The maximum Gasteiger partial charge on any atom is 0.161 e. The zero-order valence-corrected chi connectivity index (χ0v) is 14.9. The van der Waals surface area contributed by atoms with Crippen LogP contribution in [0.1, 0.15) is 12.5 Å². The number of ether oxygens (including phenoxy) is 2. The second-order valence-electron chi connectivity index (χ2n) is 5.75. The molecule has 2 rings (SSSR count). The lowest BCUT2D eigenvalue weighted by Crippen LogP contribution is -3.00. The molecule has 24 heavy (non-hydrogen) atoms. The van der Waals surface area contributed by atoms with E-state index in [0.29, 0.717) is 24.1 Å². The van der Waals surface area contributed by atoms with Crippen LogP contribution in [-0.4, -0.2) is 37.5 Å². The number of quaternary nitrogens is 1. The number of benzene rings is 2. The Kier molecular flexibility index (Phi) is 9.23. The van der Waals surface area contributed by atoms with Crippen molar-refractivity contribution in [3.8, 4) is 11.5 Å². The van der Waals surface area contributed by atoms with Gasteiger partial charge in [0.2, 0.25) is 0 Å². The molecule has 0 fully saturated rings. The predicted octanol–water partition coefficient (Wildman–Crippen LogP) is -1.37. The lowest BCUT2D eigenvalue weighted by molar-refractivity contribution is -0.691. The van der Waals surface area contributed by atoms with Crippen molar-refractivity contribution in [3.05, 3.63) is 60.2 Å². The molecule has 0 saturated carbocycles. The summed E-state index contributed by atoms with van der Waals surface area (Å²) in [5, 5.41) is 12.2. The van der Waals surface area contributed by atoms with Crippen LogP contribution in [0.2, 0.25) is 0 Å². The molecule has 2 unspecified atom stereocenters. The van der Waals surface area contributed by atoms with Gasteiger partial charge in [-0.05, 0) is 24.6 Å². The fourth-order valence-electron chi connectivity index (χ4n) is 2.45. The highest BCUT2D eigenvalue weighted by molar-refractivity contribution is 5.39. The van der Waals surface area contributed by atoms with Gasteiger partial charge in [-0.1, -0.05) is 42.5 Å². The molecule has 0 aliphatic rings. The zero-order chi connectivity index (χ0) is 16.5. The second kappa shape index (κ2) is 10.9. The van der Waals surface area contributed by atoms with Gasteiger partial charge in [0, 0.05) is 6.42 Å². The minimum absolute atomic E-state index is 0. The van der Waals surface area contributed by atoms with Crippen LogP contribution in [0.25, 0.3) is 0 Å². The predicted molar refractivity (Wildman–Crippen MR) is 90.9 cm³/mol. The molecule has 2 atom stereocenters. The summed E-state index contributed by atoms with van der Waals surface area (Å²) >= 11 is 0. The fourth-order valence-corrected chi connectivity index (χ4v) is 2.45. The summed E-state index contributed by atoms with van der Waals surface area (Å²) in [6.07, 6.45) is 0.471. The topological polar surface area (TPSA) is 55.3 Å². The molecule has 0 radical (unpaired) electrons. The lowest BCUT2D eigenvalue weighted by Gasteiger charge is -2.16. The first kappa shape index (κ1) is 20.3. The molecule has 0 bridgehead atoms. The van der Waals surface area contributed by atoms with E-state index in [1.165, 1.54) is 5.56 Å². The summed E-state index contributed by atoms with van der Waals surface area (Å²) in [6, 6.07) is 18.3. The molecule has 0 amide bonds. The molecule has 0 spiro atoms. The highest BCUT2D eigenvalue weighted by atomic mass is 35.5. The summed E-state index contributed by atoms with van der Waals surface area (Å²) in [4.78, 5) is 0. The first-order valence-corrected chi connectivity index (χ1v) is 8.00. The number of halogens is 1. The van der Waals surface area contributed by atoms with Gasteiger partial charge in [-0.25, -0.2) is 0 Å². The number of hydrogen-bond acceptors (Lipinski definition) is 3. The number of nitrogens with two attached hydrogens (primary N) is 1. The van der Waals surface area contributed by atoms with E-state index in [1.807, 2.05) is 30.3 Å². The number of hydrogen-bond donors (Lipinski definition) is 2. The van der Waals surface area contributed by atoms with E-state index < -0.39 is 6.10 Å². The average molecular weight is 352 g/mol. The van der Waals surface area contributed by atoms with Gasteiger partial charge in [-0.15, -0.1) is 0 Å². The first-order chi connectivity index (χ1) is 11.2. The Morgan fingerprint density at radius 2 is 1.62 bits per heavy atom. The minimum Gasteiger partial charge on any atom is -1.00 e. The van der Waals surface area contributed by atoms with Gasteiger partial charge >= 0.3 is 0 Å². The summed E-state index contributed by atoms with van der Waals surface area (Å²) in [7, 11) is 1.61. The van der Waals surface area contributed by atoms with E-state index in [4.69, 9.17) is 9.47 Å². The van der Waals surface area contributed by atoms with Crippen LogP contribution >= 0.6 is 0 Å². The van der Waals surface area contributed by atoms with Gasteiger partial charge in [0.1, 0.15) is 19.3 Å². The Labute approximate surface area is 150 Å². The van der Waals surface area contributed by atoms with Crippen molar-refractivity contribution in [2.45, 2.75) is 25.5 Å². The van der Waals surface area contributed by atoms with E-state index in [9.17, 15) is 5.11 Å². The molecule has 0 heterocycles. The van der Waals surface area contributed by atoms with Crippen LogP contribution in [0.5, 0.6) is 11.5 Å². The van der Waals surface area contributed by atoms with Crippen LogP contribution in [0, 0.1) is 0 Å². The molecule has 2 aromatic carbocycles. The van der Waals surface area contributed by atoms with Gasteiger partial charge in [0.15, 0.2) is 11.5 Å². The van der Waals surface area contributed by atoms with Crippen LogP contribution in [0.4, 0.5) is 0 Å². The summed E-state index contributed by atoms with van der Waals surface area (Å²) in [6.45, 7) is 3.04. The monoisotopic (exact) mass is 351 g/mol. The largest absolute Gasteiger partial charge is 1.00 e. The molecule has 5 heteroatoms. The van der Waals surface area contributed by atoms with Crippen molar-refractivity contribution < 1.29 is 32.3 Å². The van der Waals surface area contributed by atoms with Crippen molar-refractivity contribution in [2.75, 3.05) is 20.3 Å². The molecule has 0 aliphatic carbocycles. The second-order valence-corrected chi connectivity index (χ2v) is 5.75. The molecular weight excluding hydrogens is 326 g/mol. The minimum atomic E-state index is -0.516. The average Bonchev–Trinajstić information content (AvgIpc) is 2.59. The van der Waals surface area contributed by atoms with Crippen LogP contribution in [0.15, 0.2) is 54.6 Å². The van der Waals surface area contributed by atoms with Gasteiger partial charge in [0.05, 0.1) is 13.2 Å². The zero-order valence-electron chi connectivity index (χ0n) is 14.2. The lowest BCUT2D eigenvalue weighted by atomic mass is 10.1. The Bertz CT molecular complexity index is 580. The molecule has 4 nitrogen and oxygen atoms in total. The Balaban J connectivity index is 0.00000288. The summed E-state index contributed by atoms with van der Waals surface area (Å²) in [5.74, 6) is 1.34. The van der Waals surface area contributed by atoms with Crippen molar-refractivity contribution in [2.24, 2.45) is 0 Å². The van der Waals surface area contributed by atoms with Gasteiger partial charge in [-0.3, -0.25) is 0 Å². The van der Waals surface area contributed by atoms with Gasteiger partial charge in [0.25, 0.3) is 0 Å². The summed E-state index contributed by atoms with van der Waals surface area (Å²) in [5.41, 5.74) is 1.32. The van der Waals surface area contributed by atoms with Crippen molar-refractivity contribution in [1.82, 2.24) is 0 Å². The Morgan fingerprint density at radius 1 is 1.00 bits per heavy atom. The number of para-hydroxylation sites is 2. The number of rotatable bonds is 9. The van der Waals surface area contributed by atoms with E-state index >= 15 is 0 Å². The molecule has 3 N–H and O–H groups in total. The van der Waals surface area contributed by atoms with E-state index in [1.54, 1.807) is 7.11 Å². The Hall–Kier alpha value is -1.75. The van der Waals surface area contributed by atoms with Crippen LogP contribution in [-0.2, 0) is 6.42 Å². The van der Waals surface area contributed by atoms with E-state index in [2.05, 4.69) is 36.5 Å². The quantitative estimate of drug-likeness (QED) is 0.586. The van der Waals surface area contributed by atoms with E-state index in [0.717, 1.165) is 6.42 Å². The molecular formula is C19H26ClNO3. The first-order valence-electron chi connectivity index (χ1n) is 8.00. The fraction of sp³-hybridized carbons (Fsp3) is 0.368. The van der Waals surface area contributed by atoms with Crippen LogP contribution in [0.3, 0.4) is 0 Å². The smallest absolute Gasteiger partial charge is 0.161 e. The van der Waals surface area contributed by atoms with Crippen molar-refractivity contribution >= 4 is 0 Å². The molecule has 0 saturated heterocycles.